The van der Waals surface area contributed by atoms with Gasteiger partial charge in [-0.3, -0.25) is 0 Å². The molecule has 0 amide bonds. The van der Waals surface area contributed by atoms with Crippen LogP contribution >= 0.6 is 0 Å². The normalized spacial score (nSPS) is 18.1. The number of benzene rings is 1. The highest BCUT2D eigenvalue weighted by Gasteiger charge is 2.19. The maximum Gasteiger partial charge on any atom is 0.159 e. The molecule has 1 unspecified atom stereocenters. The topological polar surface area (TPSA) is 51.8 Å². The Morgan fingerprint density at radius 3 is 2.65 bits per heavy atom. The van der Waals surface area contributed by atoms with E-state index in [1.165, 1.54) is 5.56 Å². The van der Waals surface area contributed by atoms with Gasteiger partial charge in [0.15, 0.2) is 5.82 Å². The molecule has 0 saturated carbocycles. The van der Waals surface area contributed by atoms with Crippen LogP contribution in [0.15, 0.2) is 30.5 Å². The van der Waals surface area contributed by atoms with E-state index in [4.69, 9.17) is 10.7 Å². The number of hydrogen-bond donors (Lipinski definition) is 1. The zero-order valence-corrected chi connectivity index (χ0v) is 12.1. The summed E-state index contributed by atoms with van der Waals surface area (Å²) in [5.74, 6) is 1.36. The molecule has 0 bridgehead atoms. The van der Waals surface area contributed by atoms with E-state index in [9.17, 15) is 0 Å². The first-order valence-corrected chi connectivity index (χ1v) is 7.37. The van der Waals surface area contributed by atoms with Crippen molar-refractivity contribution in [2.45, 2.75) is 45.1 Å². The van der Waals surface area contributed by atoms with Crippen LogP contribution in [-0.2, 0) is 6.42 Å². The lowest BCUT2D eigenvalue weighted by atomic mass is 9.93. The highest BCUT2D eigenvalue weighted by Crippen LogP contribution is 2.28. The lowest BCUT2D eigenvalue weighted by Crippen LogP contribution is -2.19. The molecule has 3 nitrogen and oxygen atoms in total. The minimum atomic E-state index is 0.108. The fourth-order valence-electron chi connectivity index (χ4n) is 2.74. The summed E-state index contributed by atoms with van der Waals surface area (Å²) in [6, 6.07) is 8.65. The molecule has 0 fully saturated rings. The van der Waals surface area contributed by atoms with E-state index in [1.54, 1.807) is 0 Å². The zero-order valence-electron chi connectivity index (χ0n) is 12.1. The van der Waals surface area contributed by atoms with E-state index in [1.807, 2.05) is 6.20 Å². The molecule has 0 saturated heterocycles. The van der Waals surface area contributed by atoms with Crippen molar-refractivity contribution < 1.29 is 0 Å². The average Bonchev–Trinajstić information content (AvgIpc) is 2.47. The van der Waals surface area contributed by atoms with Crippen molar-refractivity contribution in [2.75, 3.05) is 0 Å². The smallest absolute Gasteiger partial charge is 0.159 e. The number of nitrogens with two attached hydrogens (primary N) is 1. The van der Waals surface area contributed by atoms with Crippen LogP contribution in [0.5, 0.6) is 0 Å². The molecule has 1 heterocycles. The number of rotatable bonds is 2. The standard InChI is InChI=1S/C17H21N3/c1-11(2)12-6-8-13(9-7-12)17-19-10-14-15(18)4-3-5-16(14)20-17/h6-11,15H,3-5,18H2,1-2H3. The molecule has 0 aliphatic heterocycles. The summed E-state index contributed by atoms with van der Waals surface area (Å²) < 4.78 is 0. The minimum absolute atomic E-state index is 0.108. The predicted molar refractivity (Wildman–Crippen MR) is 81.4 cm³/mol. The molecule has 3 rings (SSSR count). The van der Waals surface area contributed by atoms with Gasteiger partial charge in [0.05, 0.1) is 0 Å². The quantitative estimate of drug-likeness (QED) is 0.904. The lowest BCUT2D eigenvalue weighted by molar-refractivity contribution is 0.557. The number of hydrogen-bond acceptors (Lipinski definition) is 3. The molecule has 2 N–H and O–H groups in total. The summed E-state index contributed by atoms with van der Waals surface area (Å²) >= 11 is 0. The Labute approximate surface area is 120 Å². The van der Waals surface area contributed by atoms with Gasteiger partial charge < -0.3 is 5.73 Å². The molecular formula is C17H21N3. The molecule has 20 heavy (non-hydrogen) atoms. The fourth-order valence-corrected chi connectivity index (χ4v) is 2.74. The molecule has 3 heteroatoms. The maximum atomic E-state index is 6.11. The van der Waals surface area contributed by atoms with Gasteiger partial charge >= 0.3 is 0 Å². The van der Waals surface area contributed by atoms with Crippen LogP contribution in [-0.4, -0.2) is 9.97 Å². The third-order valence-corrected chi connectivity index (χ3v) is 4.06. The number of aromatic nitrogens is 2. The van der Waals surface area contributed by atoms with E-state index in [-0.39, 0.29) is 6.04 Å². The van der Waals surface area contributed by atoms with Gasteiger partial charge in [-0.2, -0.15) is 0 Å². The van der Waals surface area contributed by atoms with Gasteiger partial charge in [0.2, 0.25) is 0 Å². The molecule has 1 aromatic carbocycles. The summed E-state index contributed by atoms with van der Waals surface area (Å²) in [5, 5.41) is 0. The first-order valence-electron chi connectivity index (χ1n) is 7.37. The largest absolute Gasteiger partial charge is 0.324 e. The zero-order chi connectivity index (χ0) is 14.1. The fraction of sp³-hybridized carbons (Fsp3) is 0.412. The summed E-state index contributed by atoms with van der Waals surface area (Å²) in [6.07, 6.45) is 5.09. The number of fused-ring (bicyclic) bond motifs is 1. The van der Waals surface area contributed by atoms with Crippen molar-refractivity contribution in [3.8, 4) is 11.4 Å². The van der Waals surface area contributed by atoms with Crippen LogP contribution in [0, 0.1) is 0 Å². The first kappa shape index (κ1) is 13.3. The van der Waals surface area contributed by atoms with Gasteiger partial charge in [-0.25, -0.2) is 9.97 Å². The number of aryl methyl sites for hydroxylation is 1. The molecule has 1 aromatic heterocycles. The van der Waals surface area contributed by atoms with Crippen molar-refractivity contribution in [3.05, 3.63) is 47.3 Å². The molecule has 1 aliphatic rings. The van der Waals surface area contributed by atoms with Crippen molar-refractivity contribution in [3.63, 3.8) is 0 Å². The predicted octanol–water partition coefficient (Wildman–Crippen LogP) is 3.60. The highest BCUT2D eigenvalue weighted by molar-refractivity contribution is 5.56. The third-order valence-electron chi connectivity index (χ3n) is 4.06. The van der Waals surface area contributed by atoms with Crippen LogP contribution in [0.25, 0.3) is 11.4 Å². The first-order chi connectivity index (χ1) is 9.65. The van der Waals surface area contributed by atoms with Crippen LogP contribution in [0.3, 0.4) is 0 Å². The van der Waals surface area contributed by atoms with Crippen LogP contribution < -0.4 is 5.73 Å². The van der Waals surface area contributed by atoms with E-state index >= 15 is 0 Å². The molecule has 0 spiro atoms. The second kappa shape index (κ2) is 5.33. The minimum Gasteiger partial charge on any atom is -0.324 e. The molecule has 0 radical (unpaired) electrons. The Morgan fingerprint density at radius 1 is 1.20 bits per heavy atom. The second-order valence-electron chi connectivity index (χ2n) is 5.87. The monoisotopic (exact) mass is 267 g/mol. The Bertz CT molecular complexity index is 602. The lowest BCUT2D eigenvalue weighted by Gasteiger charge is -2.21. The Hall–Kier alpha value is -1.74. The second-order valence-corrected chi connectivity index (χ2v) is 5.87. The maximum absolute atomic E-state index is 6.11. The van der Waals surface area contributed by atoms with Gasteiger partial charge in [0.25, 0.3) is 0 Å². The van der Waals surface area contributed by atoms with E-state index in [0.717, 1.165) is 41.9 Å². The number of nitrogens with zero attached hydrogens (tertiary/aromatic N) is 2. The average molecular weight is 267 g/mol. The van der Waals surface area contributed by atoms with Crippen LogP contribution in [0.4, 0.5) is 0 Å². The van der Waals surface area contributed by atoms with Crippen molar-refractivity contribution in [2.24, 2.45) is 5.73 Å². The van der Waals surface area contributed by atoms with E-state index in [2.05, 4.69) is 43.1 Å². The van der Waals surface area contributed by atoms with Crippen molar-refractivity contribution >= 4 is 0 Å². The molecular weight excluding hydrogens is 246 g/mol. The summed E-state index contributed by atoms with van der Waals surface area (Å²) in [5.41, 5.74) is 10.8. The highest BCUT2D eigenvalue weighted by atomic mass is 14.9. The molecule has 104 valence electrons. The van der Waals surface area contributed by atoms with Gasteiger partial charge in [-0.15, -0.1) is 0 Å². The van der Waals surface area contributed by atoms with Crippen LogP contribution in [0.1, 0.15) is 55.5 Å². The van der Waals surface area contributed by atoms with Crippen LogP contribution in [0.2, 0.25) is 0 Å². The van der Waals surface area contributed by atoms with E-state index in [0.29, 0.717) is 5.92 Å². The molecule has 1 atom stereocenters. The summed E-state index contributed by atoms with van der Waals surface area (Å²) in [7, 11) is 0. The summed E-state index contributed by atoms with van der Waals surface area (Å²) in [4.78, 5) is 9.21. The third kappa shape index (κ3) is 2.46. The Balaban J connectivity index is 1.94. The Kier molecular flexibility index (Phi) is 3.53. The van der Waals surface area contributed by atoms with E-state index < -0.39 is 0 Å². The van der Waals surface area contributed by atoms with Gasteiger partial charge in [-0.05, 0) is 30.7 Å². The Morgan fingerprint density at radius 2 is 1.95 bits per heavy atom. The SMILES string of the molecule is CC(C)c1ccc(-c2ncc3c(n2)CCCC3N)cc1. The molecule has 1 aliphatic carbocycles. The van der Waals surface area contributed by atoms with Gasteiger partial charge in [0.1, 0.15) is 0 Å². The van der Waals surface area contributed by atoms with Gasteiger partial charge in [-0.1, -0.05) is 38.1 Å². The van der Waals surface area contributed by atoms with Crippen molar-refractivity contribution in [1.29, 1.82) is 0 Å². The summed E-state index contributed by atoms with van der Waals surface area (Å²) in [6.45, 7) is 4.40. The van der Waals surface area contributed by atoms with Crippen molar-refractivity contribution in [1.82, 2.24) is 9.97 Å². The molecule has 2 aromatic rings. The van der Waals surface area contributed by atoms with Gasteiger partial charge in [0, 0.05) is 29.1 Å².